The summed E-state index contributed by atoms with van der Waals surface area (Å²) in [5.41, 5.74) is 5.27. The van der Waals surface area contributed by atoms with E-state index in [1.165, 1.54) is 0 Å². The summed E-state index contributed by atoms with van der Waals surface area (Å²) in [5.74, 6) is -0.827. The molecule has 0 spiro atoms. The molecular formula is C14H28N2O3. The monoisotopic (exact) mass is 272 g/mol. The van der Waals surface area contributed by atoms with Crippen LogP contribution in [0.4, 0.5) is 0 Å². The first-order valence-electron chi connectivity index (χ1n) is 7.16. The van der Waals surface area contributed by atoms with Crippen molar-refractivity contribution in [1.29, 1.82) is 0 Å². The molecule has 0 aliphatic carbocycles. The van der Waals surface area contributed by atoms with Crippen LogP contribution in [-0.2, 0) is 9.59 Å². The zero-order chi connectivity index (χ0) is 14.8. The van der Waals surface area contributed by atoms with E-state index in [1.807, 2.05) is 13.8 Å². The van der Waals surface area contributed by atoms with Gasteiger partial charge < -0.3 is 16.2 Å². The Kier molecular flexibility index (Phi) is 9.21. The van der Waals surface area contributed by atoms with Gasteiger partial charge in [-0.05, 0) is 18.8 Å². The van der Waals surface area contributed by atoms with E-state index in [1.54, 1.807) is 0 Å². The second-order valence-corrected chi connectivity index (χ2v) is 5.46. The molecule has 0 saturated carbocycles. The Morgan fingerprint density at radius 2 is 1.84 bits per heavy atom. The minimum Gasteiger partial charge on any atom is -0.383 e. The van der Waals surface area contributed by atoms with Crippen molar-refractivity contribution >= 4 is 11.8 Å². The molecule has 0 aromatic heterocycles. The standard InChI is InChI=1S/C14H28N2O3/c1-4-5-6-7-8-11(13(15)18)16-14(19)12(17)9-10(2)3/h10-12,17H,4-9H2,1-3H3,(H2,15,18)(H,16,19)/t11-,12+/m0/s1. The lowest BCUT2D eigenvalue weighted by Gasteiger charge is -2.18. The average molecular weight is 272 g/mol. The Morgan fingerprint density at radius 1 is 1.21 bits per heavy atom. The van der Waals surface area contributed by atoms with Crippen molar-refractivity contribution in [2.24, 2.45) is 11.7 Å². The molecule has 0 radical (unpaired) electrons. The van der Waals surface area contributed by atoms with E-state index in [0.29, 0.717) is 12.8 Å². The highest BCUT2D eigenvalue weighted by molar-refractivity contribution is 5.88. The third-order valence-electron chi connectivity index (χ3n) is 3.00. The van der Waals surface area contributed by atoms with Gasteiger partial charge in [0.2, 0.25) is 11.8 Å². The molecule has 5 heteroatoms. The number of nitrogens with one attached hydrogen (secondary N) is 1. The van der Waals surface area contributed by atoms with Gasteiger partial charge >= 0.3 is 0 Å². The minimum absolute atomic E-state index is 0.220. The molecule has 19 heavy (non-hydrogen) atoms. The maximum Gasteiger partial charge on any atom is 0.249 e. The van der Waals surface area contributed by atoms with Crippen molar-refractivity contribution in [3.63, 3.8) is 0 Å². The van der Waals surface area contributed by atoms with E-state index in [-0.39, 0.29) is 5.92 Å². The quantitative estimate of drug-likeness (QED) is 0.524. The summed E-state index contributed by atoms with van der Waals surface area (Å²) in [6.07, 6.45) is 3.93. The molecule has 0 aromatic carbocycles. The zero-order valence-electron chi connectivity index (χ0n) is 12.3. The molecule has 0 rings (SSSR count). The normalized spacial score (nSPS) is 14.2. The largest absolute Gasteiger partial charge is 0.383 e. The van der Waals surface area contributed by atoms with Crippen LogP contribution in [0.5, 0.6) is 0 Å². The van der Waals surface area contributed by atoms with Crippen LogP contribution < -0.4 is 11.1 Å². The van der Waals surface area contributed by atoms with Crippen molar-refractivity contribution in [3.05, 3.63) is 0 Å². The number of carbonyl (C=O) groups excluding carboxylic acids is 2. The fourth-order valence-corrected chi connectivity index (χ4v) is 1.88. The molecule has 0 aliphatic heterocycles. The van der Waals surface area contributed by atoms with E-state index >= 15 is 0 Å². The van der Waals surface area contributed by atoms with Gasteiger partial charge in [0, 0.05) is 0 Å². The van der Waals surface area contributed by atoms with Gasteiger partial charge in [-0.2, -0.15) is 0 Å². The van der Waals surface area contributed by atoms with Crippen LogP contribution >= 0.6 is 0 Å². The smallest absolute Gasteiger partial charge is 0.249 e. The lowest BCUT2D eigenvalue weighted by Crippen LogP contribution is -2.48. The van der Waals surface area contributed by atoms with Gasteiger partial charge in [-0.3, -0.25) is 9.59 Å². The molecular weight excluding hydrogens is 244 g/mol. The van der Waals surface area contributed by atoms with Crippen molar-refractivity contribution in [2.75, 3.05) is 0 Å². The molecule has 5 nitrogen and oxygen atoms in total. The first kappa shape index (κ1) is 17.9. The Hall–Kier alpha value is -1.10. The van der Waals surface area contributed by atoms with Crippen LogP contribution in [-0.4, -0.2) is 29.1 Å². The number of nitrogens with two attached hydrogens (primary N) is 1. The first-order chi connectivity index (χ1) is 8.88. The van der Waals surface area contributed by atoms with Crippen LogP contribution in [0.2, 0.25) is 0 Å². The number of aliphatic hydroxyl groups is 1. The van der Waals surface area contributed by atoms with Crippen LogP contribution in [0.15, 0.2) is 0 Å². The molecule has 0 fully saturated rings. The van der Waals surface area contributed by atoms with E-state index in [2.05, 4.69) is 12.2 Å². The first-order valence-corrected chi connectivity index (χ1v) is 7.16. The highest BCUT2D eigenvalue weighted by Crippen LogP contribution is 2.08. The Balaban J connectivity index is 4.18. The molecule has 0 aromatic rings. The lowest BCUT2D eigenvalue weighted by molar-refractivity contribution is -0.133. The molecule has 0 saturated heterocycles. The van der Waals surface area contributed by atoms with Crippen molar-refractivity contribution < 1.29 is 14.7 Å². The van der Waals surface area contributed by atoms with Crippen LogP contribution in [0, 0.1) is 5.92 Å². The topological polar surface area (TPSA) is 92.4 Å². The summed E-state index contributed by atoms with van der Waals surface area (Å²) in [4.78, 5) is 23.0. The van der Waals surface area contributed by atoms with Gasteiger partial charge in [0.25, 0.3) is 0 Å². The minimum atomic E-state index is -1.07. The van der Waals surface area contributed by atoms with Crippen LogP contribution in [0.1, 0.15) is 59.3 Å². The number of carbonyl (C=O) groups is 2. The molecule has 2 amide bonds. The van der Waals surface area contributed by atoms with Gasteiger partial charge in [0.15, 0.2) is 0 Å². The van der Waals surface area contributed by atoms with E-state index in [4.69, 9.17) is 5.73 Å². The third kappa shape index (κ3) is 8.59. The van der Waals surface area contributed by atoms with E-state index in [9.17, 15) is 14.7 Å². The maximum absolute atomic E-state index is 11.7. The molecule has 0 aliphatic rings. The Morgan fingerprint density at radius 3 is 2.32 bits per heavy atom. The molecule has 0 unspecified atom stereocenters. The summed E-state index contributed by atoms with van der Waals surface area (Å²) in [6.45, 7) is 5.95. The van der Waals surface area contributed by atoms with Crippen LogP contribution in [0.25, 0.3) is 0 Å². The SMILES string of the molecule is CCCCCC[C@H](NC(=O)[C@H](O)CC(C)C)C(N)=O. The summed E-state index contributed by atoms with van der Waals surface area (Å²) in [7, 11) is 0. The van der Waals surface area contributed by atoms with Crippen LogP contribution in [0.3, 0.4) is 0 Å². The fourth-order valence-electron chi connectivity index (χ4n) is 1.88. The van der Waals surface area contributed by atoms with Gasteiger partial charge in [-0.15, -0.1) is 0 Å². The van der Waals surface area contributed by atoms with E-state index < -0.39 is 24.0 Å². The molecule has 112 valence electrons. The average Bonchev–Trinajstić information content (AvgIpc) is 2.31. The second kappa shape index (κ2) is 9.78. The Labute approximate surface area is 115 Å². The zero-order valence-corrected chi connectivity index (χ0v) is 12.3. The van der Waals surface area contributed by atoms with Crippen molar-refractivity contribution in [1.82, 2.24) is 5.32 Å². The number of unbranched alkanes of at least 4 members (excludes halogenated alkanes) is 3. The summed E-state index contributed by atoms with van der Waals surface area (Å²) in [5, 5.41) is 12.2. The van der Waals surface area contributed by atoms with E-state index in [0.717, 1.165) is 25.7 Å². The number of amides is 2. The third-order valence-corrected chi connectivity index (χ3v) is 3.00. The summed E-state index contributed by atoms with van der Waals surface area (Å²) >= 11 is 0. The summed E-state index contributed by atoms with van der Waals surface area (Å²) in [6, 6.07) is -0.675. The van der Waals surface area contributed by atoms with Gasteiger partial charge in [-0.1, -0.05) is 46.5 Å². The molecule has 0 bridgehead atoms. The van der Waals surface area contributed by atoms with Gasteiger partial charge in [-0.25, -0.2) is 0 Å². The number of rotatable bonds is 10. The number of aliphatic hydroxyl groups excluding tert-OH is 1. The predicted molar refractivity (Wildman–Crippen MR) is 75.3 cm³/mol. The number of primary amides is 1. The molecule has 0 heterocycles. The highest BCUT2D eigenvalue weighted by atomic mass is 16.3. The van der Waals surface area contributed by atoms with Gasteiger partial charge in [0.1, 0.15) is 12.1 Å². The lowest BCUT2D eigenvalue weighted by atomic mass is 10.0. The number of hydrogen-bond donors (Lipinski definition) is 3. The Bertz CT molecular complexity index is 280. The second-order valence-electron chi connectivity index (χ2n) is 5.46. The van der Waals surface area contributed by atoms with Gasteiger partial charge in [0.05, 0.1) is 0 Å². The fraction of sp³-hybridized carbons (Fsp3) is 0.857. The van der Waals surface area contributed by atoms with Crippen molar-refractivity contribution in [3.8, 4) is 0 Å². The maximum atomic E-state index is 11.7. The summed E-state index contributed by atoms with van der Waals surface area (Å²) < 4.78 is 0. The predicted octanol–water partition coefficient (Wildman–Crippen LogP) is 1.33. The number of hydrogen-bond acceptors (Lipinski definition) is 3. The molecule has 2 atom stereocenters. The highest BCUT2D eigenvalue weighted by Gasteiger charge is 2.22. The van der Waals surface area contributed by atoms with Crippen molar-refractivity contribution in [2.45, 2.75) is 71.4 Å². The molecule has 4 N–H and O–H groups in total.